The Labute approximate surface area is 121 Å². The van der Waals surface area contributed by atoms with Gasteiger partial charge in [-0.05, 0) is 36.8 Å². The zero-order valence-corrected chi connectivity index (χ0v) is 12.5. The van der Waals surface area contributed by atoms with Crippen molar-refractivity contribution >= 4 is 11.7 Å². The molecular formula is C16H25N3O. The van der Waals surface area contributed by atoms with E-state index in [1.165, 1.54) is 32.1 Å². The molecule has 1 aliphatic rings. The van der Waals surface area contributed by atoms with Crippen molar-refractivity contribution in [2.24, 2.45) is 11.8 Å². The van der Waals surface area contributed by atoms with Gasteiger partial charge in [-0.3, -0.25) is 4.79 Å². The van der Waals surface area contributed by atoms with Crippen LogP contribution >= 0.6 is 0 Å². The molecule has 0 radical (unpaired) electrons. The van der Waals surface area contributed by atoms with Crippen molar-refractivity contribution in [3.63, 3.8) is 0 Å². The summed E-state index contributed by atoms with van der Waals surface area (Å²) in [5, 5.41) is 5.98. The number of carbonyl (C=O) groups is 1. The largest absolute Gasteiger partial charge is 0.373 e. The summed E-state index contributed by atoms with van der Waals surface area (Å²) in [6.07, 6.45) is 8.04. The van der Waals surface area contributed by atoms with Gasteiger partial charge in [0.25, 0.3) is 5.91 Å². The molecule has 0 atom stereocenters. The van der Waals surface area contributed by atoms with Gasteiger partial charge in [-0.2, -0.15) is 0 Å². The van der Waals surface area contributed by atoms with Crippen molar-refractivity contribution < 1.29 is 4.79 Å². The molecule has 1 aromatic heterocycles. The highest BCUT2D eigenvalue weighted by Crippen LogP contribution is 2.30. The topological polar surface area (TPSA) is 54.0 Å². The number of amides is 1. The Morgan fingerprint density at radius 2 is 1.95 bits per heavy atom. The Morgan fingerprint density at radius 1 is 1.25 bits per heavy atom. The van der Waals surface area contributed by atoms with Gasteiger partial charge in [0.15, 0.2) is 0 Å². The Hall–Kier alpha value is -1.58. The van der Waals surface area contributed by atoms with Crippen molar-refractivity contribution in [1.29, 1.82) is 0 Å². The molecule has 2 rings (SSSR count). The highest BCUT2D eigenvalue weighted by Gasteiger charge is 2.20. The number of aromatic nitrogens is 1. The molecule has 1 aliphatic carbocycles. The summed E-state index contributed by atoms with van der Waals surface area (Å²) in [4.78, 5) is 16.2. The normalized spacial score (nSPS) is 22.3. The average Bonchev–Trinajstić information content (AvgIpc) is 2.53. The van der Waals surface area contributed by atoms with E-state index in [9.17, 15) is 4.79 Å². The van der Waals surface area contributed by atoms with E-state index in [0.717, 1.165) is 18.3 Å². The maximum Gasteiger partial charge on any atom is 0.252 e. The molecule has 1 amide bonds. The number of rotatable bonds is 5. The lowest BCUT2D eigenvalue weighted by atomic mass is 9.81. The zero-order valence-electron chi connectivity index (χ0n) is 12.5. The van der Waals surface area contributed by atoms with Crippen molar-refractivity contribution in [2.75, 3.05) is 18.9 Å². The van der Waals surface area contributed by atoms with Crippen LogP contribution in [-0.2, 0) is 0 Å². The van der Waals surface area contributed by atoms with E-state index in [-0.39, 0.29) is 5.91 Å². The van der Waals surface area contributed by atoms with Crippen LogP contribution in [0.25, 0.3) is 0 Å². The van der Waals surface area contributed by atoms with Gasteiger partial charge in [0, 0.05) is 19.8 Å². The Kier molecular flexibility index (Phi) is 5.39. The van der Waals surface area contributed by atoms with Crippen LogP contribution < -0.4 is 10.6 Å². The van der Waals surface area contributed by atoms with Gasteiger partial charge >= 0.3 is 0 Å². The molecule has 110 valence electrons. The number of carbonyl (C=O) groups excluding carboxylic acids is 1. The monoisotopic (exact) mass is 275 g/mol. The van der Waals surface area contributed by atoms with Gasteiger partial charge < -0.3 is 10.6 Å². The molecule has 1 saturated carbocycles. The molecule has 0 aliphatic heterocycles. The molecule has 4 heteroatoms. The zero-order chi connectivity index (χ0) is 14.4. The third-order valence-electron chi connectivity index (χ3n) is 4.38. The molecule has 0 unspecified atom stereocenters. The predicted molar refractivity (Wildman–Crippen MR) is 81.9 cm³/mol. The van der Waals surface area contributed by atoms with Gasteiger partial charge in [-0.25, -0.2) is 4.98 Å². The fraction of sp³-hybridized carbons (Fsp3) is 0.625. The fourth-order valence-electron chi connectivity index (χ4n) is 2.86. The summed E-state index contributed by atoms with van der Waals surface area (Å²) in [5.41, 5.74) is 0.631. The number of nitrogens with one attached hydrogen (secondary N) is 2. The first-order valence-electron chi connectivity index (χ1n) is 7.65. The van der Waals surface area contributed by atoms with Crippen LogP contribution in [0.2, 0.25) is 0 Å². The van der Waals surface area contributed by atoms with E-state index in [1.54, 1.807) is 6.20 Å². The molecule has 4 nitrogen and oxygen atoms in total. The first kappa shape index (κ1) is 14.8. The minimum atomic E-state index is -0.0160. The number of hydrogen-bond donors (Lipinski definition) is 2. The Balaban J connectivity index is 1.77. The molecule has 0 bridgehead atoms. The number of anilines is 1. The van der Waals surface area contributed by atoms with Crippen LogP contribution in [0.15, 0.2) is 18.3 Å². The van der Waals surface area contributed by atoms with Crippen LogP contribution in [0.5, 0.6) is 0 Å². The summed E-state index contributed by atoms with van der Waals surface area (Å²) in [6, 6.07) is 3.63. The van der Waals surface area contributed by atoms with Crippen molar-refractivity contribution in [3.05, 3.63) is 23.9 Å². The smallest absolute Gasteiger partial charge is 0.252 e. The van der Waals surface area contributed by atoms with Gasteiger partial charge in [0.2, 0.25) is 0 Å². The van der Waals surface area contributed by atoms with Crippen molar-refractivity contribution in [1.82, 2.24) is 10.3 Å². The second kappa shape index (κ2) is 7.27. The summed E-state index contributed by atoms with van der Waals surface area (Å²) >= 11 is 0. The highest BCUT2D eigenvalue weighted by molar-refractivity contribution is 5.94. The molecule has 1 heterocycles. The molecule has 1 fully saturated rings. The standard InChI is InChI=1S/C16H25N3O/c1-3-12-4-6-13(7-5-12)10-19-16(20)14-8-9-15(17-2)18-11-14/h8-9,11-13H,3-7,10H2,1-2H3,(H,17,18)(H,19,20). The minimum absolute atomic E-state index is 0.0160. The van der Waals surface area contributed by atoms with Gasteiger partial charge in [0.05, 0.1) is 5.56 Å². The summed E-state index contributed by atoms with van der Waals surface area (Å²) in [5.74, 6) is 2.31. The summed E-state index contributed by atoms with van der Waals surface area (Å²) in [7, 11) is 1.81. The lowest BCUT2D eigenvalue weighted by Crippen LogP contribution is -2.31. The first-order chi connectivity index (χ1) is 9.72. The van der Waals surface area contributed by atoms with Crippen LogP contribution in [0.4, 0.5) is 5.82 Å². The quantitative estimate of drug-likeness (QED) is 0.868. The van der Waals surface area contributed by atoms with E-state index in [1.807, 2.05) is 19.2 Å². The lowest BCUT2D eigenvalue weighted by Gasteiger charge is -2.27. The summed E-state index contributed by atoms with van der Waals surface area (Å²) in [6.45, 7) is 3.07. The second-order valence-electron chi connectivity index (χ2n) is 5.69. The first-order valence-corrected chi connectivity index (χ1v) is 7.65. The van der Waals surface area contributed by atoms with Crippen LogP contribution in [0.3, 0.4) is 0 Å². The van der Waals surface area contributed by atoms with Crippen molar-refractivity contribution in [3.8, 4) is 0 Å². The SMILES string of the molecule is CCC1CCC(CNC(=O)c2ccc(NC)nc2)CC1. The van der Waals surface area contributed by atoms with E-state index < -0.39 is 0 Å². The lowest BCUT2D eigenvalue weighted by molar-refractivity contribution is 0.0941. The molecule has 20 heavy (non-hydrogen) atoms. The predicted octanol–water partition coefficient (Wildman–Crippen LogP) is 3.07. The molecule has 1 aromatic rings. The minimum Gasteiger partial charge on any atom is -0.373 e. The van der Waals surface area contributed by atoms with E-state index in [0.29, 0.717) is 11.5 Å². The maximum absolute atomic E-state index is 12.0. The molecule has 0 saturated heterocycles. The Morgan fingerprint density at radius 3 is 2.50 bits per heavy atom. The van der Waals surface area contributed by atoms with Gasteiger partial charge in [0.1, 0.15) is 5.82 Å². The van der Waals surface area contributed by atoms with E-state index >= 15 is 0 Å². The second-order valence-corrected chi connectivity index (χ2v) is 5.69. The third kappa shape index (κ3) is 3.95. The Bertz CT molecular complexity index is 422. The van der Waals surface area contributed by atoms with Crippen molar-refractivity contribution in [2.45, 2.75) is 39.0 Å². The van der Waals surface area contributed by atoms with E-state index in [4.69, 9.17) is 0 Å². The van der Waals surface area contributed by atoms with Gasteiger partial charge in [-0.1, -0.05) is 26.2 Å². The molecule has 0 spiro atoms. The average molecular weight is 275 g/mol. The van der Waals surface area contributed by atoms with Crippen LogP contribution in [0, 0.1) is 11.8 Å². The van der Waals surface area contributed by atoms with E-state index in [2.05, 4.69) is 22.5 Å². The van der Waals surface area contributed by atoms with Gasteiger partial charge in [-0.15, -0.1) is 0 Å². The molecule has 2 N–H and O–H groups in total. The number of hydrogen-bond acceptors (Lipinski definition) is 3. The van der Waals surface area contributed by atoms with Crippen LogP contribution in [0.1, 0.15) is 49.4 Å². The third-order valence-corrected chi connectivity index (χ3v) is 4.38. The molecule has 0 aromatic carbocycles. The summed E-state index contributed by atoms with van der Waals surface area (Å²) < 4.78 is 0. The number of pyridine rings is 1. The maximum atomic E-state index is 12.0. The van der Waals surface area contributed by atoms with Crippen LogP contribution in [-0.4, -0.2) is 24.5 Å². The molecular weight excluding hydrogens is 250 g/mol. The highest BCUT2D eigenvalue weighted by atomic mass is 16.1. The number of nitrogens with zero attached hydrogens (tertiary/aromatic N) is 1. The fourth-order valence-corrected chi connectivity index (χ4v) is 2.86.